The van der Waals surface area contributed by atoms with Crippen LogP contribution in [-0.2, 0) is 5.41 Å². The number of fused-ring (bicyclic) bond motifs is 6. The van der Waals surface area contributed by atoms with Crippen molar-refractivity contribution in [2.45, 2.75) is 19.3 Å². The third-order valence-electron chi connectivity index (χ3n) is 12.3. The summed E-state index contributed by atoms with van der Waals surface area (Å²) in [5.74, 6) is 0.707. The number of nitrogens with zero attached hydrogens (tertiary/aromatic N) is 2. The van der Waals surface area contributed by atoms with Gasteiger partial charge in [-0.15, -0.1) is 0 Å². The van der Waals surface area contributed by atoms with E-state index in [0.717, 1.165) is 39.0 Å². The van der Waals surface area contributed by atoms with E-state index >= 15 is 0 Å². The van der Waals surface area contributed by atoms with Gasteiger partial charge in [0.05, 0.1) is 11.4 Å². The van der Waals surface area contributed by atoms with Crippen LogP contribution in [0.15, 0.2) is 206 Å². The zero-order valence-corrected chi connectivity index (χ0v) is 33.0. The predicted molar refractivity (Wildman–Crippen MR) is 247 cm³/mol. The Bertz CT molecular complexity index is 3220. The topological polar surface area (TPSA) is 25.8 Å². The van der Waals surface area contributed by atoms with E-state index in [0.29, 0.717) is 5.82 Å². The highest BCUT2D eigenvalue weighted by Gasteiger charge is 2.38. The van der Waals surface area contributed by atoms with Crippen molar-refractivity contribution in [3.63, 3.8) is 0 Å². The highest BCUT2D eigenvalue weighted by molar-refractivity contribution is 6.06. The Balaban J connectivity index is 1.00. The van der Waals surface area contributed by atoms with Crippen molar-refractivity contribution < 1.29 is 0 Å². The Morgan fingerprint density at radius 2 is 0.881 bits per heavy atom. The lowest BCUT2D eigenvalue weighted by molar-refractivity contribution is 0.662. The first-order valence-corrected chi connectivity index (χ1v) is 20.4. The third-order valence-corrected chi connectivity index (χ3v) is 12.3. The van der Waals surface area contributed by atoms with Gasteiger partial charge in [-0.2, -0.15) is 0 Å². The lowest BCUT2D eigenvalue weighted by Crippen LogP contribution is -2.16. The van der Waals surface area contributed by atoms with Gasteiger partial charge in [0, 0.05) is 22.1 Å². The molecule has 0 bridgehead atoms. The molecule has 0 saturated heterocycles. The van der Waals surface area contributed by atoms with Crippen LogP contribution in [0.4, 0.5) is 0 Å². The van der Waals surface area contributed by atoms with E-state index in [4.69, 9.17) is 9.97 Å². The summed E-state index contributed by atoms with van der Waals surface area (Å²) in [6.07, 6.45) is 0. The molecule has 0 saturated carbocycles. The van der Waals surface area contributed by atoms with E-state index in [1.165, 1.54) is 66.2 Å². The van der Waals surface area contributed by atoms with Gasteiger partial charge < -0.3 is 0 Å². The lowest BCUT2D eigenvalue weighted by Gasteiger charge is -2.24. The van der Waals surface area contributed by atoms with Gasteiger partial charge in [-0.1, -0.05) is 202 Å². The van der Waals surface area contributed by atoms with Gasteiger partial charge >= 0.3 is 0 Å². The second kappa shape index (κ2) is 13.9. The van der Waals surface area contributed by atoms with Gasteiger partial charge in [-0.05, 0) is 95.4 Å². The predicted octanol–water partition coefficient (Wildman–Crippen LogP) is 15.1. The van der Waals surface area contributed by atoms with Crippen molar-refractivity contribution in [1.29, 1.82) is 0 Å². The third kappa shape index (κ3) is 5.87. The van der Waals surface area contributed by atoms with Crippen LogP contribution in [0.5, 0.6) is 0 Å². The van der Waals surface area contributed by atoms with Crippen molar-refractivity contribution >= 4 is 21.5 Å². The number of hydrogen-bond donors (Lipinski definition) is 0. The molecule has 0 spiro atoms. The molecule has 0 radical (unpaired) electrons. The quantitative estimate of drug-likeness (QED) is 0.169. The summed E-state index contributed by atoms with van der Waals surface area (Å²) >= 11 is 0. The number of rotatable bonds is 6. The van der Waals surface area contributed by atoms with Crippen LogP contribution in [0.3, 0.4) is 0 Å². The fourth-order valence-electron chi connectivity index (χ4n) is 9.43. The Kier molecular flexibility index (Phi) is 8.20. The second-order valence-electron chi connectivity index (χ2n) is 16.1. The summed E-state index contributed by atoms with van der Waals surface area (Å²) in [7, 11) is 0. The minimum atomic E-state index is -0.125. The number of benzene rings is 9. The maximum atomic E-state index is 5.29. The summed E-state index contributed by atoms with van der Waals surface area (Å²) in [5, 5.41) is 4.90. The molecule has 0 N–H and O–H groups in total. The SMILES string of the molecule is CC1(C)c2ccc3ccccc3c2-c2cccc(-c3ccc(-c4ccc(-c5nc(-c6ccccc6)cc(-c6cccc(-c7ccccc7)c6)n5)c5ccccc45)cc3)c21. The first-order chi connectivity index (χ1) is 29.0. The molecule has 9 aromatic carbocycles. The maximum absolute atomic E-state index is 5.29. The summed E-state index contributed by atoms with van der Waals surface area (Å²) in [6, 6.07) is 74.2. The van der Waals surface area contributed by atoms with Gasteiger partial charge in [-0.3, -0.25) is 0 Å². The monoisotopic (exact) mass is 752 g/mol. The summed E-state index contributed by atoms with van der Waals surface area (Å²) in [6.45, 7) is 4.75. The van der Waals surface area contributed by atoms with E-state index in [1.54, 1.807) is 0 Å². The highest BCUT2D eigenvalue weighted by Crippen LogP contribution is 2.54. The van der Waals surface area contributed by atoms with Crippen molar-refractivity contribution in [3.05, 3.63) is 217 Å². The summed E-state index contributed by atoms with van der Waals surface area (Å²) < 4.78 is 0. The van der Waals surface area contributed by atoms with E-state index < -0.39 is 0 Å². The zero-order valence-electron chi connectivity index (χ0n) is 33.0. The van der Waals surface area contributed by atoms with Gasteiger partial charge in [0.1, 0.15) is 0 Å². The van der Waals surface area contributed by atoms with Crippen molar-refractivity contribution in [1.82, 2.24) is 9.97 Å². The molecule has 0 fully saturated rings. The van der Waals surface area contributed by atoms with Crippen LogP contribution in [0.1, 0.15) is 25.0 Å². The largest absolute Gasteiger partial charge is 0.228 e. The van der Waals surface area contributed by atoms with Crippen LogP contribution in [-0.4, -0.2) is 9.97 Å². The molecule has 0 atom stereocenters. The van der Waals surface area contributed by atoms with Crippen molar-refractivity contribution in [2.24, 2.45) is 0 Å². The zero-order chi connectivity index (χ0) is 39.5. The molecule has 0 amide bonds. The van der Waals surface area contributed by atoms with E-state index in [9.17, 15) is 0 Å². The number of hydrogen-bond acceptors (Lipinski definition) is 2. The Hall–Kier alpha value is -7.42. The molecule has 1 aromatic heterocycles. The minimum Gasteiger partial charge on any atom is -0.228 e. The van der Waals surface area contributed by atoms with Crippen molar-refractivity contribution in [3.8, 4) is 78.4 Å². The molecule has 1 aliphatic carbocycles. The first-order valence-electron chi connectivity index (χ1n) is 20.4. The second-order valence-corrected chi connectivity index (χ2v) is 16.1. The fourth-order valence-corrected chi connectivity index (χ4v) is 9.43. The van der Waals surface area contributed by atoms with Crippen LogP contribution < -0.4 is 0 Å². The van der Waals surface area contributed by atoms with E-state index in [1.807, 2.05) is 6.07 Å². The molecule has 0 unspecified atom stereocenters. The average molecular weight is 753 g/mol. The Morgan fingerprint density at radius 1 is 0.339 bits per heavy atom. The normalized spacial score (nSPS) is 12.7. The number of aromatic nitrogens is 2. The molecular weight excluding hydrogens is 713 g/mol. The van der Waals surface area contributed by atoms with Gasteiger partial charge in [0.2, 0.25) is 0 Å². The Labute approximate surface area is 345 Å². The van der Waals surface area contributed by atoms with E-state index in [-0.39, 0.29) is 5.41 Å². The average Bonchev–Trinajstić information content (AvgIpc) is 3.55. The molecule has 2 heteroatoms. The minimum absolute atomic E-state index is 0.125. The fraction of sp³-hybridized carbons (Fsp3) is 0.0526. The molecule has 59 heavy (non-hydrogen) atoms. The highest BCUT2D eigenvalue weighted by atomic mass is 14.9. The van der Waals surface area contributed by atoms with Crippen LogP contribution >= 0.6 is 0 Å². The van der Waals surface area contributed by atoms with Gasteiger partial charge in [0.25, 0.3) is 0 Å². The Morgan fingerprint density at radius 3 is 1.63 bits per heavy atom. The summed E-state index contributed by atoms with van der Waals surface area (Å²) in [4.78, 5) is 10.5. The molecule has 0 aliphatic heterocycles. The first kappa shape index (κ1) is 34.8. The smallest absolute Gasteiger partial charge is 0.161 e. The van der Waals surface area contributed by atoms with E-state index in [2.05, 4.69) is 214 Å². The molecular formula is C57H40N2. The molecule has 2 nitrogen and oxygen atoms in total. The molecule has 11 rings (SSSR count). The van der Waals surface area contributed by atoms with Crippen LogP contribution in [0.2, 0.25) is 0 Å². The molecule has 10 aromatic rings. The molecule has 1 heterocycles. The van der Waals surface area contributed by atoms with Gasteiger partial charge in [-0.25, -0.2) is 9.97 Å². The maximum Gasteiger partial charge on any atom is 0.161 e. The molecule has 1 aliphatic rings. The standard InChI is InChI=1S/C57H40N2/c1-57(2)51-34-31-38-17-9-10-22-45(38)54(51)50-26-14-25-46(55(50)57)40-29-27-39(28-30-40)44-32-33-49(48-24-12-11-23-47(44)48)56-58-52(41-18-7-4-8-19-41)36-53(59-56)43-21-13-20-42(35-43)37-15-5-3-6-16-37/h3-36H,1-2H3. The lowest BCUT2D eigenvalue weighted by atomic mass is 9.78. The molecule has 278 valence electrons. The van der Waals surface area contributed by atoms with Crippen LogP contribution in [0, 0.1) is 0 Å². The van der Waals surface area contributed by atoms with Crippen LogP contribution in [0.25, 0.3) is 100.0 Å². The summed E-state index contributed by atoms with van der Waals surface area (Å²) in [5.41, 5.74) is 17.5. The van der Waals surface area contributed by atoms with Crippen molar-refractivity contribution in [2.75, 3.05) is 0 Å². The van der Waals surface area contributed by atoms with Gasteiger partial charge in [0.15, 0.2) is 5.82 Å².